The summed E-state index contributed by atoms with van der Waals surface area (Å²) in [6.45, 7) is 8.62. The predicted octanol–water partition coefficient (Wildman–Crippen LogP) is 4.11. The van der Waals surface area contributed by atoms with E-state index in [1.54, 1.807) is 26.1 Å². The van der Waals surface area contributed by atoms with Crippen LogP contribution >= 0.6 is 0 Å². The van der Waals surface area contributed by atoms with Crippen LogP contribution in [-0.2, 0) is 16.2 Å². The van der Waals surface area contributed by atoms with Crippen LogP contribution in [0.2, 0.25) is 0 Å². The molecule has 4 N–H and O–H groups in total. The number of aliphatic hydroxyl groups is 2. The van der Waals surface area contributed by atoms with Crippen molar-refractivity contribution in [3.63, 3.8) is 0 Å². The Kier molecular flexibility index (Phi) is 8.67. The van der Waals surface area contributed by atoms with E-state index in [4.69, 9.17) is 4.84 Å². The van der Waals surface area contributed by atoms with Crippen LogP contribution in [-0.4, -0.2) is 77.1 Å². The molecule has 2 aromatic carbocycles. The van der Waals surface area contributed by atoms with E-state index in [1.807, 2.05) is 48.5 Å². The summed E-state index contributed by atoms with van der Waals surface area (Å²) >= 11 is 0. The number of nitrogens with zero attached hydrogens (tertiary/aromatic N) is 2. The maximum Gasteiger partial charge on any atom is 0.321 e. The van der Waals surface area contributed by atoms with Gasteiger partial charge in [-0.2, -0.15) is 5.06 Å². The summed E-state index contributed by atoms with van der Waals surface area (Å²) in [6, 6.07) is 14.8. The lowest BCUT2D eigenvalue weighted by molar-refractivity contribution is -0.183. The van der Waals surface area contributed by atoms with Crippen molar-refractivity contribution >= 4 is 17.6 Å². The van der Waals surface area contributed by atoms with E-state index in [0.717, 1.165) is 23.1 Å². The Labute approximate surface area is 249 Å². The number of rotatable bonds is 8. The molecule has 2 unspecified atom stereocenters. The van der Waals surface area contributed by atoms with Gasteiger partial charge in [0.2, 0.25) is 5.91 Å². The molecule has 228 valence electrons. The molecule has 3 saturated carbocycles. The highest BCUT2D eigenvalue weighted by atomic mass is 16.7. The number of aliphatic hydroxyl groups excluding tert-OH is 2. The molecule has 9 heteroatoms. The van der Waals surface area contributed by atoms with Gasteiger partial charge in [0.15, 0.2) is 0 Å². The highest BCUT2D eigenvalue weighted by molar-refractivity contribution is 5.89. The van der Waals surface area contributed by atoms with Gasteiger partial charge in [-0.3, -0.25) is 9.63 Å². The van der Waals surface area contributed by atoms with Gasteiger partial charge in [-0.1, -0.05) is 51.1 Å². The predicted molar refractivity (Wildman–Crippen MR) is 162 cm³/mol. The van der Waals surface area contributed by atoms with Gasteiger partial charge in [-0.25, -0.2) is 4.79 Å². The van der Waals surface area contributed by atoms with Crippen LogP contribution in [0.1, 0.15) is 46.1 Å². The average molecular weight is 579 g/mol. The number of hydrogen-bond acceptors (Lipinski definition) is 6. The number of anilines is 1. The van der Waals surface area contributed by atoms with Crippen molar-refractivity contribution in [3.8, 4) is 11.1 Å². The van der Waals surface area contributed by atoms with E-state index in [2.05, 4.69) is 31.4 Å². The lowest BCUT2D eigenvalue weighted by Crippen LogP contribution is -2.62. The standard InChI is InChI=1S/C33H46N4O5/c1-19-26-15-24(33(26,3)4)16-27(19)35-31(40)30-29(20(2)39)28(18-38)42-37(30)17-21-8-7-9-23(14-21)22-10-12-25(13-11-22)34-32(41)36(5)6/h7-14,19-20,24,26-30,38-39H,15-18H2,1-6H3,(H,34,41)(H,35,40)/t19?,20-,24+,26-,27?,28-,29+,30-/m0/s1. The smallest absolute Gasteiger partial charge is 0.321 e. The highest BCUT2D eigenvalue weighted by Gasteiger charge is 2.57. The molecule has 42 heavy (non-hydrogen) atoms. The van der Waals surface area contributed by atoms with Crippen molar-refractivity contribution in [2.24, 2.45) is 29.1 Å². The minimum atomic E-state index is -0.836. The first-order valence-corrected chi connectivity index (χ1v) is 15.1. The molecule has 1 saturated heterocycles. The van der Waals surface area contributed by atoms with Crippen LogP contribution in [0.5, 0.6) is 0 Å². The second kappa shape index (κ2) is 12.0. The molecule has 4 aliphatic rings. The monoisotopic (exact) mass is 578 g/mol. The van der Waals surface area contributed by atoms with Gasteiger partial charge in [-0.15, -0.1) is 0 Å². The minimum Gasteiger partial charge on any atom is -0.394 e. The van der Waals surface area contributed by atoms with Crippen LogP contribution in [0.15, 0.2) is 48.5 Å². The van der Waals surface area contributed by atoms with Crippen LogP contribution in [0, 0.1) is 29.1 Å². The first-order valence-electron chi connectivity index (χ1n) is 15.1. The maximum absolute atomic E-state index is 13.9. The molecular weight excluding hydrogens is 532 g/mol. The zero-order valence-electron chi connectivity index (χ0n) is 25.6. The molecule has 3 aliphatic carbocycles. The first kappa shape index (κ1) is 30.5. The Morgan fingerprint density at radius 2 is 1.83 bits per heavy atom. The van der Waals surface area contributed by atoms with Crippen LogP contribution < -0.4 is 10.6 Å². The SMILES string of the molecule is CC1C(NC(=O)[C@@H]2[C@H]([C@H](C)O)[C@H](CO)ON2Cc2cccc(-c3ccc(NC(=O)N(C)C)cc3)c2)C[C@H]2C[C@@H]1C2(C)C. The molecule has 3 amide bonds. The van der Waals surface area contributed by atoms with Gasteiger partial charge >= 0.3 is 6.03 Å². The molecule has 2 aromatic rings. The molecule has 8 atom stereocenters. The Balaban J connectivity index is 1.32. The van der Waals surface area contributed by atoms with Gasteiger partial charge in [0, 0.05) is 31.7 Å². The summed E-state index contributed by atoms with van der Waals surface area (Å²) in [5.74, 6) is 0.866. The molecule has 1 heterocycles. The quantitative estimate of drug-likeness (QED) is 0.375. The molecule has 9 nitrogen and oxygen atoms in total. The van der Waals surface area contributed by atoms with E-state index < -0.39 is 24.2 Å². The van der Waals surface area contributed by atoms with E-state index in [-0.39, 0.29) is 24.6 Å². The third kappa shape index (κ3) is 5.80. The molecule has 1 aliphatic heterocycles. The van der Waals surface area contributed by atoms with Crippen LogP contribution in [0.3, 0.4) is 0 Å². The van der Waals surface area contributed by atoms with Crippen molar-refractivity contribution in [2.75, 3.05) is 26.0 Å². The van der Waals surface area contributed by atoms with Crippen molar-refractivity contribution in [1.29, 1.82) is 0 Å². The first-order chi connectivity index (χ1) is 19.9. The Hall–Kier alpha value is -2.98. The summed E-state index contributed by atoms with van der Waals surface area (Å²) in [4.78, 5) is 33.5. The number of urea groups is 1. The summed E-state index contributed by atoms with van der Waals surface area (Å²) in [7, 11) is 3.39. The highest BCUT2D eigenvalue weighted by Crippen LogP contribution is 2.61. The van der Waals surface area contributed by atoms with E-state index in [0.29, 0.717) is 35.4 Å². The van der Waals surface area contributed by atoms with Crippen molar-refractivity contribution in [3.05, 3.63) is 54.1 Å². The fourth-order valence-corrected chi connectivity index (χ4v) is 7.49. The van der Waals surface area contributed by atoms with Gasteiger partial charge in [0.25, 0.3) is 0 Å². The van der Waals surface area contributed by atoms with Gasteiger partial charge in [-0.05, 0) is 77.8 Å². The number of hydrogen-bond donors (Lipinski definition) is 4. The third-order valence-electron chi connectivity index (χ3n) is 10.2. The van der Waals surface area contributed by atoms with Crippen molar-refractivity contribution in [2.45, 2.75) is 71.4 Å². The second-order valence-electron chi connectivity index (χ2n) is 13.3. The van der Waals surface area contributed by atoms with E-state index >= 15 is 0 Å². The fraction of sp³-hybridized carbons (Fsp3) is 0.576. The fourth-order valence-electron chi connectivity index (χ4n) is 7.49. The van der Waals surface area contributed by atoms with Crippen LogP contribution in [0.25, 0.3) is 11.1 Å². The van der Waals surface area contributed by atoms with E-state index in [9.17, 15) is 19.8 Å². The van der Waals surface area contributed by atoms with Crippen LogP contribution in [0.4, 0.5) is 10.5 Å². The minimum absolute atomic E-state index is 0.0905. The topological polar surface area (TPSA) is 114 Å². The lowest BCUT2D eigenvalue weighted by atomic mass is 9.45. The lowest BCUT2D eigenvalue weighted by Gasteiger charge is -2.62. The summed E-state index contributed by atoms with van der Waals surface area (Å²) in [6.07, 6.45) is 0.681. The van der Waals surface area contributed by atoms with Crippen molar-refractivity contribution in [1.82, 2.24) is 15.3 Å². The number of carbonyl (C=O) groups is 2. The Morgan fingerprint density at radius 1 is 1.12 bits per heavy atom. The number of fused-ring (bicyclic) bond motifs is 2. The number of benzene rings is 2. The third-order valence-corrected chi connectivity index (χ3v) is 10.2. The molecule has 0 spiro atoms. The summed E-state index contributed by atoms with van der Waals surface area (Å²) < 4.78 is 0. The number of carbonyl (C=O) groups excluding carboxylic acids is 2. The number of amides is 3. The Morgan fingerprint density at radius 3 is 2.43 bits per heavy atom. The summed E-state index contributed by atoms with van der Waals surface area (Å²) in [5, 5.41) is 28.6. The molecule has 2 bridgehead atoms. The zero-order valence-corrected chi connectivity index (χ0v) is 25.6. The number of nitrogens with one attached hydrogen (secondary N) is 2. The zero-order chi connectivity index (χ0) is 30.3. The molecule has 0 radical (unpaired) electrons. The molecular formula is C33H46N4O5. The molecule has 4 fully saturated rings. The van der Waals surface area contributed by atoms with Gasteiger partial charge < -0.3 is 25.7 Å². The molecule has 0 aromatic heterocycles. The molecule has 6 rings (SSSR count). The maximum atomic E-state index is 13.9. The van der Waals surface area contributed by atoms with Crippen molar-refractivity contribution < 1.29 is 24.6 Å². The normalized spacial score (nSPS) is 30.7. The summed E-state index contributed by atoms with van der Waals surface area (Å²) in [5.41, 5.74) is 3.94. The van der Waals surface area contributed by atoms with Gasteiger partial charge in [0.1, 0.15) is 12.1 Å². The second-order valence-corrected chi connectivity index (χ2v) is 13.3. The number of hydroxylamine groups is 2. The van der Waals surface area contributed by atoms with Gasteiger partial charge in [0.05, 0.1) is 19.3 Å². The largest absolute Gasteiger partial charge is 0.394 e. The average Bonchev–Trinajstić information content (AvgIpc) is 3.32. The Bertz CT molecular complexity index is 1280. The van der Waals surface area contributed by atoms with E-state index in [1.165, 1.54) is 11.3 Å².